The number of rotatable bonds is 5. The van der Waals surface area contributed by atoms with Crippen LogP contribution in [0.3, 0.4) is 0 Å². The van der Waals surface area contributed by atoms with Crippen LogP contribution in [0.1, 0.15) is 0 Å². The summed E-state index contributed by atoms with van der Waals surface area (Å²) in [5, 5.41) is 6.94. The first kappa shape index (κ1) is 21.8. The summed E-state index contributed by atoms with van der Waals surface area (Å²) in [6.07, 6.45) is 0. The molecule has 0 spiro atoms. The van der Waals surface area contributed by atoms with Gasteiger partial charge in [0.05, 0.1) is 26.2 Å². The summed E-state index contributed by atoms with van der Waals surface area (Å²) in [5.41, 5.74) is 3.42. The second-order valence-electron chi connectivity index (χ2n) is 6.52. The predicted molar refractivity (Wildman–Crippen MR) is 120 cm³/mol. The summed E-state index contributed by atoms with van der Waals surface area (Å²) in [7, 11) is 0.903. The number of primary sulfonamides is 1. The van der Waals surface area contributed by atoms with Gasteiger partial charge in [0, 0.05) is 27.4 Å². The van der Waals surface area contributed by atoms with E-state index < -0.39 is 10.0 Å². The number of H-pyrrole nitrogens is 1. The highest BCUT2D eigenvalue weighted by atomic mass is 35.5. The first-order valence-electron chi connectivity index (χ1n) is 8.75. The van der Waals surface area contributed by atoms with Gasteiger partial charge in [-0.15, -0.1) is 12.4 Å². The summed E-state index contributed by atoms with van der Waals surface area (Å²) in [5.74, 6) is 1.62. The number of hydrogen-bond acceptors (Lipinski definition) is 5. The smallest absolute Gasteiger partial charge is 0.238 e. The number of aromatic amines is 1. The molecule has 1 heterocycles. The molecular weight excluding hydrogens is 428 g/mol. The molecule has 3 aromatic carbocycles. The highest BCUT2D eigenvalue weighted by Gasteiger charge is 2.18. The lowest BCUT2D eigenvalue weighted by Crippen LogP contribution is -2.11. The molecule has 0 bridgehead atoms. The maximum atomic E-state index is 11.8. The largest absolute Gasteiger partial charge is 0.493 e. The van der Waals surface area contributed by atoms with Crippen molar-refractivity contribution in [1.29, 1.82) is 0 Å². The lowest BCUT2D eigenvalue weighted by Gasteiger charge is -2.16. The number of ether oxygens (including phenoxy) is 3. The minimum Gasteiger partial charge on any atom is -0.493 e. The number of aromatic nitrogens is 1. The van der Waals surface area contributed by atoms with Crippen LogP contribution in [0, 0.1) is 0 Å². The molecule has 0 aliphatic heterocycles. The summed E-state index contributed by atoms with van der Waals surface area (Å²) in [4.78, 5) is 3.36. The van der Waals surface area contributed by atoms with E-state index in [-0.39, 0.29) is 17.3 Å². The molecule has 9 heteroatoms. The Morgan fingerprint density at radius 2 is 1.43 bits per heavy atom. The van der Waals surface area contributed by atoms with Gasteiger partial charge in [-0.1, -0.05) is 6.07 Å². The molecule has 30 heavy (non-hydrogen) atoms. The maximum Gasteiger partial charge on any atom is 0.238 e. The van der Waals surface area contributed by atoms with Gasteiger partial charge in [0.2, 0.25) is 15.8 Å². The number of hydrogen-bond donors (Lipinski definition) is 2. The molecule has 0 unspecified atom stereocenters. The molecule has 7 nitrogen and oxygen atoms in total. The van der Waals surface area contributed by atoms with E-state index in [1.807, 2.05) is 30.3 Å². The van der Waals surface area contributed by atoms with Crippen molar-refractivity contribution in [3.63, 3.8) is 0 Å². The van der Waals surface area contributed by atoms with Gasteiger partial charge in [-0.25, -0.2) is 13.6 Å². The van der Waals surface area contributed by atoms with Crippen LogP contribution in [0.4, 0.5) is 0 Å². The van der Waals surface area contributed by atoms with E-state index in [0.29, 0.717) is 17.2 Å². The molecule has 0 fully saturated rings. The zero-order valence-corrected chi connectivity index (χ0v) is 18.2. The van der Waals surface area contributed by atoms with Crippen molar-refractivity contribution < 1.29 is 22.6 Å². The van der Waals surface area contributed by atoms with Gasteiger partial charge in [0.1, 0.15) is 0 Å². The minimum atomic E-state index is -3.79. The van der Waals surface area contributed by atoms with E-state index in [1.165, 1.54) is 6.07 Å². The van der Waals surface area contributed by atoms with Gasteiger partial charge in [0.25, 0.3) is 0 Å². The third-order valence-corrected chi connectivity index (χ3v) is 5.82. The first-order valence-corrected chi connectivity index (χ1v) is 10.3. The number of fused-ring (bicyclic) bond motifs is 3. The van der Waals surface area contributed by atoms with Crippen molar-refractivity contribution in [1.82, 2.24) is 4.98 Å². The normalized spacial score (nSPS) is 11.3. The lowest BCUT2D eigenvalue weighted by molar-refractivity contribution is 0.325. The number of methoxy groups -OCH3 is 3. The van der Waals surface area contributed by atoms with Crippen molar-refractivity contribution in [2.45, 2.75) is 4.90 Å². The number of nitrogens with one attached hydrogen (secondary N) is 1. The summed E-state index contributed by atoms with van der Waals surface area (Å²) >= 11 is 0. The third kappa shape index (κ3) is 3.54. The monoisotopic (exact) mass is 448 g/mol. The van der Waals surface area contributed by atoms with Gasteiger partial charge in [-0.2, -0.15) is 0 Å². The van der Waals surface area contributed by atoms with Gasteiger partial charge in [-0.3, -0.25) is 0 Å². The van der Waals surface area contributed by atoms with E-state index in [1.54, 1.807) is 33.5 Å². The second kappa shape index (κ2) is 8.06. The summed E-state index contributed by atoms with van der Waals surface area (Å²) in [6, 6.07) is 14.4. The number of sulfonamides is 1. The van der Waals surface area contributed by atoms with Crippen LogP contribution in [0.5, 0.6) is 17.2 Å². The zero-order chi connectivity index (χ0) is 20.8. The Morgan fingerprint density at radius 3 is 2.03 bits per heavy atom. The van der Waals surface area contributed by atoms with E-state index in [4.69, 9.17) is 19.3 Å². The Morgan fingerprint density at radius 1 is 0.800 bits per heavy atom. The van der Waals surface area contributed by atoms with E-state index >= 15 is 0 Å². The zero-order valence-electron chi connectivity index (χ0n) is 16.6. The molecule has 0 atom stereocenters. The van der Waals surface area contributed by atoms with Crippen LogP contribution < -0.4 is 19.3 Å². The maximum absolute atomic E-state index is 11.8. The fourth-order valence-electron chi connectivity index (χ4n) is 3.55. The number of benzene rings is 3. The molecule has 3 N–H and O–H groups in total. The van der Waals surface area contributed by atoms with Gasteiger partial charge >= 0.3 is 0 Å². The quantitative estimate of drug-likeness (QED) is 0.478. The number of nitrogens with two attached hydrogens (primary N) is 1. The number of halogens is 1. The van der Waals surface area contributed by atoms with Crippen molar-refractivity contribution >= 4 is 44.2 Å². The molecule has 0 saturated heterocycles. The molecule has 0 aliphatic carbocycles. The SMILES string of the molecule is COc1ccc(-c2ccc3[nH]c4ccc(S(N)(=O)=O)cc4c3c2)c(OC)c1OC.Cl. The van der Waals surface area contributed by atoms with Crippen LogP contribution in [-0.4, -0.2) is 34.7 Å². The Balaban J connectivity index is 0.00000256. The van der Waals surface area contributed by atoms with Gasteiger partial charge in [0.15, 0.2) is 11.5 Å². The summed E-state index contributed by atoms with van der Waals surface area (Å²) in [6.45, 7) is 0. The second-order valence-corrected chi connectivity index (χ2v) is 8.08. The Labute approximate surface area is 180 Å². The lowest BCUT2D eigenvalue weighted by atomic mass is 10.0. The van der Waals surface area contributed by atoms with Crippen molar-refractivity contribution in [2.75, 3.05) is 21.3 Å². The highest BCUT2D eigenvalue weighted by molar-refractivity contribution is 7.89. The molecular formula is C21H21ClN2O5S. The molecule has 158 valence electrons. The van der Waals surface area contributed by atoms with Gasteiger partial charge < -0.3 is 19.2 Å². The Hall–Kier alpha value is -2.94. The Kier molecular flexibility index (Phi) is 5.85. The molecule has 4 rings (SSSR count). The van der Waals surface area contributed by atoms with Crippen LogP contribution in [0.2, 0.25) is 0 Å². The van der Waals surface area contributed by atoms with Crippen molar-refractivity contribution in [2.24, 2.45) is 5.14 Å². The third-order valence-electron chi connectivity index (χ3n) is 4.91. The van der Waals surface area contributed by atoms with Crippen LogP contribution in [-0.2, 0) is 10.0 Å². The van der Waals surface area contributed by atoms with Crippen molar-refractivity contribution in [3.8, 4) is 28.4 Å². The van der Waals surface area contributed by atoms with Crippen LogP contribution >= 0.6 is 12.4 Å². The fraction of sp³-hybridized carbons (Fsp3) is 0.143. The molecule has 4 aromatic rings. The summed E-state index contributed by atoms with van der Waals surface area (Å²) < 4.78 is 40.0. The van der Waals surface area contributed by atoms with E-state index in [9.17, 15) is 8.42 Å². The van der Waals surface area contributed by atoms with E-state index in [2.05, 4.69) is 4.98 Å². The topological polar surface area (TPSA) is 104 Å². The molecule has 0 amide bonds. The Bertz CT molecular complexity index is 1350. The standard InChI is InChI=1S/C21H20N2O5S.ClH/c1-26-19-9-6-14(20(27-2)21(19)28-3)12-4-7-17-15(10-12)16-11-13(29(22,24)25)5-8-18(16)23-17;/h4-11,23H,1-3H3,(H2,22,24,25);1H. The van der Waals surface area contributed by atoms with Crippen molar-refractivity contribution in [3.05, 3.63) is 48.5 Å². The predicted octanol–water partition coefficient (Wildman–Crippen LogP) is 4.08. The van der Waals surface area contributed by atoms with E-state index in [0.717, 1.165) is 32.9 Å². The molecule has 0 saturated carbocycles. The highest BCUT2D eigenvalue weighted by Crippen LogP contribution is 2.45. The van der Waals surface area contributed by atoms with Crippen LogP contribution in [0.25, 0.3) is 32.9 Å². The molecule has 1 aromatic heterocycles. The average molecular weight is 449 g/mol. The minimum absolute atomic E-state index is 0. The van der Waals surface area contributed by atoms with Crippen LogP contribution in [0.15, 0.2) is 53.4 Å². The first-order chi connectivity index (χ1) is 13.9. The van der Waals surface area contributed by atoms with Gasteiger partial charge in [-0.05, 0) is 48.0 Å². The fourth-order valence-corrected chi connectivity index (χ4v) is 4.09. The molecule has 0 radical (unpaired) electrons. The molecule has 0 aliphatic rings. The average Bonchev–Trinajstić information content (AvgIpc) is 3.08.